The number of carbonyl (C=O) groups excluding carboxylic acids is 1. The van der Waals surface area contributed by atoms with Gasteiger partial charge in [-0.3, -0.25) is 9.48 Å². The summed E-state index contributed by atoms with van der Waals surface area (Å²) in [6.45, 7) is 8.84. The van der Waals surface area contributed by atoms with Crippen LogP contribution < -0.4 is 10.6 Å². The van der Waals surface area contributed by atoms with E-state index in [1.807, 2.05) is 13.0 Å². The second-order valence-electron chi connectivity index (χ2n) is 5.46. The third-order valence-corrected chi connectivity index (χ3v) is 3.85. The minimum Gasteiger partial charge on any atom is -0.345 e. The van der Waals surface area contributed by atoms with Crippen molar-refractivity contribution >= 4 is 5.91 Å². The molecule has 1 aromatic rings. The van der Waals surface area contributed by atoms with Crippen LogP contribution in [0.5, 0.6) is 0 Å². The van der Waals surface area contributed by atoms with Crippen LogP contribution in [0.25, 0.3) is 0 Å². The predicted molar refractivity (Wildman–Crippen MR) is 75.3 cm³/mol. The second-order valence-corrected chi connectivity index (χ2v) is 5.46. The van der Waals surface area contributed by atoms with Crippen LogP contribution in [-0.2, 0) is 13.0 Å². The van der Waals surface area contributed by atoms with Gasteiger partial charge in [0.1, 0.15) is 5.69 Å². The van der Waals surface area contributed by atoms with E-state index >= 15 is 0 Å². The first kappa shape index (κ1) is 14.1. The molecule has 2 heterocycles. The second kappa shape index (κ2) is 5.74. The molecular formula is C14H24N4O. The molecule has 1 saturated heterocycles. The van der Waals surface area contributed by atoms with E-state index in [0.29, 0.717) is 5.69 Å². The molecule has 19 heavy (non-hydrogen) atoms. The van der Waals surface area contributed by atoms with E-state index in [9.17, 15) is 4.79 Å². The number of amides is 1. The summed E-state index contributed by atoms with van der Waals surface area (Å²) in [5.74, 6) is -0.00144. The molecule has 0 aliphatic carbocycles. The number of carbonyl (C=O) groups is 1. The SMILES string of the molecule is CCc1cc(C(=O)NC2(C)CCNCC2)n(CC)n1. The lowest BCUT2D eigenvalue weighted by atomic mass is 9.90. The zero-order valence-electron chi connectivity index (χ0n) is 12.1. The molecule has 0 atom stereocenters. The standard InChI is InChI=1S/C14H24N4O/c1-4-11-10-12(18(5-2)17-11)13(19)16-14(3)6-8-15-9-7-14/h10,15H,4-9H2,1-3H3,(H,16,19). The fourth-order valence-corrected chi connectivity index (χ4v) is 2.51. The van der Waals surface area contributed by atoms with E-state index in [1.165, 1.54) is 0 Å². The third-order valence-electron chi connectivity index (χ3n) is 3.85. The predicted octanol–water partition coefficient (Wildman–Crippen LogP) is 1.34. The molecule has 0 spiro atoms. The Morgan fingerprint density at radius 3 is 2.74 bits per heavy atom. The van der Waals surface area contributed by atoms with E-state index in [4.69, 9.17) is 0 Å². The largest absolute Gasteiger partial charge is 0.345 e. The van der Waals surface area contributed by atoms with E-state index in [0.717, 1.165) is 44.6 Å². The van der Waals surface area contributed by atoms with Crippen molar-refractivity contribution in [1.82, 2.24) is 20.4 Å². The van der Waals surface area contributed by atoms with Gasteiger partial charge in [0.05, 0.1) is 5.69 Å². The molecule has 5 nitrogen and oxygen atoms in total. The monoisotopic (exact) mass is 264 g/mol. The van der Waals surface area contributed by atoms with Crippen LogP contribution in [0.3, 0.4) is 0 Å². The molecule has 1 aromatic heterocycles. The van der Waals surface area contributed by atoms with E-state index in [2.05, 4.69) is 29.6 Å². The van der Waals surface area contributed by atoms with Gasteiger partial charge in [0, 0.05) is 12.1 Å². The number of piperidine rings is 1. The van der Waals surface area contributed by atoms with E-state index in [1.54, 1.807) is 4.68 Å². The fourth-order valence-electron chi connectivity index (χ4n) is 2.51. The summed E-state index contributed by atoms with van der Waals surface area (Å²) in [4.78, 5) is 12.4. The Labute approximate surface area is 114 Å². The molecule has 2 rings (SSSR count). The minimum absolute atomic E-state index is 0.00144. The number of rotatable bonds is 4. The van der Waals surface area contributed by atoms with Crippen LogP contribution in [0.2, 0.25) is 0 Å². The lowest BCUT2D eigenvalue weighted by Gasteiger charge is -2.34. The number of hydrogen-bond acceptors (Lipinski definition) is 3. The summed E-state index contributed by atoms with van der Waals surface area (Å²) in [5, 5.41) is 10.9. The molecule has 5 heteroatoms. The quantitative estimate of drug-likeness (QED) is 0.862. The maximum absolute atomic E-state index is 12.4. The summed E-state index contributed by atoms with van der Waals surface area (Å²) in [6, 6.07) is 1.91. The smallest absolute Gasteiger partial charge is 0.269 e. The van der Waals surface area contributed by atoms with Gasteiger partial charge in [-0.25, -0.2) is 0 Å². The number of aryl methyl sites for hydroxylation is 2. The van der Waals surface area contributed by atoms with Crippen molar-refractivity contribution in [3.63, 3.8) is 0 Å². The Bertz CT molecular complexity index is 446. The van der Waals surface area contributed by atoms with Gasteiger partial charge in [-0.15, -0.1) is 0 Å². The molecule has 0 aromatic carbocycles. The number of hydrogen-bond donors (Lipinski definition) is 2. The maximum Gasteiger partial charge on any atom is 0.269 e. The van der Waals surface area contributed by atoms with Gasteiger partial charge in [-0.05, 0) is 52.3 Å². The molecule has 1 aliphatic rings. The summed E-state index contributed by atoms with van der Waals surface area (Å²) < 4.78 is 1.79. The number of nitrogens with one attached hydrogen (secondary N) is 2. The Morgan fingerprint density at radius 1 is 1.47 bits per heavy atom. The Hall–Kier alpha value is -1.36. The van der Waals surface area contributed by atoms with Crippen LogP contribution in [-0.4, -0.2) is 34.3 Å². The highest BCUT2D eigenvalue weighted by atomic mass is 16.2. The summed E-state index contributed by atoms with van der Waals surface area (Å²) in [7, 11) is 0. The van der Waals surface area contributed by atoms with Crippen molar-refractivity contribution in [2.45, 2.75) is 52.1 Å². The highest BCUT2D eigenvalue weighted by Gasteiger charge is 2.29. The van der Waals surface area contributed by atoms with Crippen LogP contribution in [0, 0.1) is 0 Å². The molecule has 2 N–H and O–H groups in total. The van der Waals surface area contributed by atoms with Crippen LogP contribution in [0.15, 0.2) is 6.07 Å². The lowest BCUT2D eigenvalue weighted by molar-refractivity contribution is 0.0876. The van der Waals surface area contributed by atoms with Gasteiger partial charge < -0.3 is 10.6 Å². The normalized spacial score (nSPS) is 18.3. The number of aromatic nitrogens is 2. The topological polar surface area (TPSA) is 59.0 Å². The van der Waals surface area contributed by atoms with Crippen LogP contribution in [0.4, 0.5) is 0 Å². The van der Waals surface area contributed by atoms with Crippen LogP contribution >= 0.6 is 0 Å². The first-order valence-electron chi connectivity index (χ1n) is 7.18. The number of nitrogens with zero attached hydrogens (tertiary/aromatic N) is 2. The molecule has 0 saturated carbocycles. The Balaban J connectivity index is 2.12. The average Bonchev–Trinajstić information content (AvgIpc) is 2.82. The van der Waals surface area contributed by atoms with Gasteiger partial charge >= 0.3 is 0 Å². The van der Waals surface area contributed by atoms with E-state index in [-0.39, 0.29) is 11.4 Å². The highest BCUT2D eigenvalue weighted by Crippen LogP contribution is 2.18. The highest BCUT2D eigenvalue weighted by molar-refractivity contribution is 5.93. The van der Waals surface area contributed by atoms with Gasteiger partial charge in [-0.2, -0.15) is 5.10 Å². The molecule has 0 unspecified atom stereocenters. The Morgan fingerprint density at radius 2 is 2.16 bits per heavy atom. The molecule has 0 radical (unpaired) electrons. The zero-order chi connectivity index (χ0) is 13.9. The summed E-state index contributed by atoms with van der Waals surface area (Å²) in [6.07, 6.45) is 2.80. The molecule has 1 aliphatic heterocycles. The van der Waals surface area contributed by atoms with Gasteiger partial charge in [0.25, 0.3) is 5.91 Å². The van der Waals surface area contributed by atoms with Crippen molar-refractivity contribution in [3.8, 4) is 0 Å². The van der Waals surface area contributed by atoms with Crippen LogP contribution in [0.1, 0.15) is 49.8 Å². The van der Waals surface area contributed by atoms with Crippen molar-refractivity contribution < 1.29 is 4.79 Å². The average molecular weight is 264 g/mol. The van der Waals surface area contributed by atoms with Gasteiger partial charge in [0.15, 0.2) is 0 Å². The maximum atomic E-state index is 12.4. The molecule has 1 amide bonds. The molecule has 106 valence electrons. The first-order valence-corrected chi connectivity index (χ1v) is 7.18. The van der Waals surface area contributed by atoms with Crippen molar-refractivity contribution in [3.05, 3.63) is 17.5 Å². The summed E-state index contributed by atoms with van der Waals surface area (Å²) >= 11 is 0. The third kappa shape index (κ3) is 3.15. The van der Waals surface area contributed by atoms with E-state index < -0.39 is 0 Å². The van der Waals surface area contributed by atoms with Gasteiger partial charge in [-0.1, -0.05) is 6.92 Å². The minimum atomic E-state index is -0.0997. The van der Waals surface area contributed by atoms with Crippen molar-refractivity contribution in [2.75, 3.05) is 13.1 Å². The van der Waals surface area contributed by atoms with Gasteiger partial charge in [0.2, 0.25) is 0 Å². The van der Waals surface area contributed by atoms with Crippen molar-refractivity contribution in [2.24, 2.45) is 0 Å². The first-order chi connectivity index (χ1) is 9.08. The fraction of sp³-hybridized carbons (Fsp3) is 0.714. The lowest BCUT2D eigenvalue weighted by Crippen LogP contribution is -2.52. The zero-order valence-corrected chi connectivity index (χ0v) is 12.1. The molecule has 0 bridgehead atoms. The Kier molecular flexibility index (Phi) is 4.24. The summed E-state index contributed by atoms with van der Waals surface area (Å²) in [5.41, 5.74) is 1.55. The molecule has 1 fully saturated rings. The van der Waals surface area contributed by atoms with Crippen molar-refractivity contribution in [1.29, 1.82) is 0 Å². The molecular weight excluding hydrogens is 240 g/mol.